The summed E-state index contributed by atoms with van der Waals surface area (Å²) in [5.41, 5.74) is 12.8. The first-order valence-electron chi connectivity index (χ1n) is 6.26. The van der Waals surface area contributed by atoms with Gasteiger partial charge in [-0.05, 0) is 31.2 Å². The zero-order valence-electron chi connectivity index (χ0n) is 11.1. The minimum atomic E-state index is -0.595. The molecule has 104 valence electrons. The van der Waals surface area contributed by atoms with Crippen LogP contribution in [0.15, 0.2) is 42.5 Å². The van der Waals surface area contributed by atoms with E-state index in [-0.39, 0.29) is 11.4 Å². The largest absolute Gasteiger partial charge is 0.397 e. The Morgan fingerprint density at radius 3 is 2.50 bits per heavy atom. The SMILES string of the molecule is CCN(c1ccccc1F)c1c(N)cccc1C(N)=O. The van der Waals surface area contributed by atoms with E-state index in [9.17, 15) is 9.18 Å². The molecule has 20 heavy (non-hydrogen) atoms. The molecule has 0 spiro atoms. The molecule has 2 aromatic rings. The van der Waals surface area contributed by atoms with Gasteiger partial charge in [-0.2, -0.15) is 0 Å². The number of benzene rings is 2. The highest BCUT2D eigenvalue weighted by Crippen LogP contribution is 2.34. The summed E-state index contributed by atoms with van der Waals surface area (Å²) in [7, 11) is 0. The predicted molar refractivity (Wildman–Crippen MR) is 78.5 cm³/mol. The van der Waals surface area contributed by atoms with Crippen molar-refractivity contribution in [3.8, 4) is 0 Å². The highest BCUT2D eigenvalue weighted by atomic mass is 19.1. The Labute approximate surface area is 116 Å². The summed E-state index contributed by atoms with van der Waals surface area (Å²) in [5.74, 6) is -0.977. The summed E-state index contributed by atoms with van der Waals surface area (Å²) >= 11 is 0. The van der Waals surface area contributed by atoms with Crippen LogP contribution in [0.3, 0.4) is 0 Å². The van der Waals surface area contributed by atoms with E-state index >= 15 is 0 Å². The summed E-state index contributed by atoms with van der Waals surface area (Å²) in [4.78, 5) is 13.2. The van der Waals surface area contributed by atoms with Gasteiger partial charge in [0, 0.05) is 6.54 Å². The van der Waals surface area contributed by atoms with Crippen molar-refractivity contribution in [3.05, 3.63) is 53.8 Å². The van der Waals surface area contributed by atoms with Gasteiger partial charge in [0.2, 0.25) is 0 Å². The Morgan fingerprint density at radius 2 is 1.90 bits per heavy atom. The monoisotopic (exact) mass is 273 g/mol. The maximum absolute atomic E-state index is 14.0. The predicted octanol–water partition coefficient (Wildman–Crippen LogP) is 2.66. The van der Waals surface area contributed by atoms with Gasteiger partial charge in [-0.15, -0.1) is 0 Å². The minimum Gasteiger partial charge on any atom is -0.397 e. The lowest BCUT2D eigenvalue weighted by Crippen LogP contribution is -2.23. The second-order valence-electron chi connectivity index (χ2n) is 4.30. The van der Waals surface area contributed by atoms with Crippen LogP contribution in [0, 0.1) is 5.82 Å². The fraction of sp³-hybridized carbons (Fsp3) is 0.133. The lowest BCUT2D eigenvalue weighted by atomic mass is 10.1. The molecule has 0 heterocycles. The third-order valence-corrected chi connectivity index (χ3v) is 3.06. The Hall–Kier alpha value is -2.56. The van der Waals surface area contributed by atoms with Crippen molar-refractivity contribution in [2.75, 3.05) is 17.2 Å². The van der Waals surface area contributed by atoms with Gasteiger partial charge < -0.3 is 16.4 Å². The Balaban J connectivity index is 2.64. The number of nitrogen functional groups attached to an aromatic ring is 1. The maximum atomic E-state index is 14.0. The molecule has 5 heteroatoms. The third kappa shape index (κ3) is 2.42. The second-order valence-corrected chi connectivity index (χ2v) is 4.30. The first kappa shape index (κ1) is 13.9. The molecule has 0 atom stereocenters. The third-order valence-electron chi connectivity index (χ3n) is 3.06. The Kier molecular flexibility index (Phi) is 3.89. The van der Waals surface area contributed by atoms with Crippen LogP contribution in [0.2, 0.25) is 0 Å². The summed E-state index contributed by atoms with van der Waals surface area (Å²) in [6, 6.07) is 11.2. The fourth-order valence-corrected chi connectivity index (χ4v) is 2.18. The summed E-state index contributed by atoms with van der Waals surface area (Å²) in [6.45, 7) is 2.30. The van der Waals surface area contributed by atoms with Crippen LogP contribution in [-0.2, 0) is 0 Å². The highest BCUT2D eigenvalue weighted by Gasteiger charge is 2.19. The molecule has 0 saturated heterocycles. The van der Waals surface area contributed by atoms with E-state index in [4.69, 9.17) is 11.5 Å². The van der Waals surface area contributed by atoms with Gasteiger partial charge in [0.25, 0.3) is 5.91 Å². The van der Waals surface area contributed by atoms with Gasteiger partial charge in [0.15, 0.2) is 0 Å². The minimum absolute atomic E-state index is 0.273. The number of primary amides is 1. The number of carbonyl (C=O) groups excluding carboxylic acids is 1. The van der Waals surface area contributed by atoms with Gasteiger partial charge in [-0.3, -0.25) is 4.79 Å². The lowest BCUT2D eigenvalue weighted by molar-refractivity contribution is 0.100. The fourth-order valence-electron chi connectivity index (χ4n) is 2.18. The van der Waals surface area contributed by atoms with Crippen molar-refractivity contribution >= 4 is 23.0 Å². The molecule has 0 unspecified atom stereocenters. The van der Waals surface area contributed by atoms with Crippen LogP contribution in [0.5, 0.6) is 0 Å². The quantitative estimate of drug-likeness (QED) is 0.841. The standard InChI is InChI=1S/C15H16FN3O/c1-2-19(13-9-4-3-7-11(13)16)14-10(15(18)20)6-5-8-12(14)17/h3-9H,2,17H2,1H3,(H2,18,20). The van der Waals surface area contributed by atoms with Gasteiger partial charge in [-0.1, -0.05) is 18.2 Å². The van der Waals surface area contributed by atoms with Gasteiger partial charge in [0.1, 0.15) is 5.82 Å². The van der Waals surface area contributed by atoms with E-state index in [0.717, 1.165) is 0 Å². The average molecular weight is 273 g/mol. The van der Waals surface area contributed by atoms with E-state index < -0.39 is 5.91 Å². The highest BCUT2D eigenvalue weighted by molar-refractivity contribution is 6.02. The van der Waals surface area contributed by atoms with E-state index in [1.165, 1.54) is 6.07 Å². The number of amides is 1. The number of nitrogens with two attached hydrogens (primary N) is 2. The van der Waals surface area contributed by atoms with Crippen LogP contribution in [-0.4, -0.2) is 12.5 Å². The van der Waals surface area contributed by atoms with Crippen LogP contribution >= 0.6 is 0 Å². The Morgan fingerprint density at radius 1 is 1.20 bits per heavy atom. The molecule has 0 aliphatic carbocycles. The number of halogens is 1. The molecule has 0 saturated carbocycles. The second kappa shape index (κ2) is 5.61. The molecular weight excluding hydrogens is 257 g/mol. The average Bonchev–Trinajstić information content (AvgIpc) is 2.43. The maximum Gasteiger partial charge on any atom is 0.250 e. The van der Waals surface area contributed by atoms with Crippen molar-refractivity contribution in [1.29, 1.82) is 0 Å². The van der Waals surface area contributed by atoms with Crippen LogP contribution in [0.25, 0.3) is 0 Å². The summed E-state index contributed by atoms with van der Waals surface area (Å²) in [5, 5.41) is 0. The number of para-hydroxylation sites is 2. The zero-order valence-corrected chi connectivity index (χ0v) is 11.1. The lowest BCUT2D eigenvalue weighted by Gasteiger charge is -2.26. The molecule has 1 amide bonds. The summed E-state index contributed by atoms with van der Waals surface area (Å²) < 4.78 is 14.0. The van der Waals surface area contributed by atoms with Crippen LogP contribution in [0.4, 0.5) is 21.5 Å². The Bertz CT molecular complexity index is 643. The van der Waals surface area contributed by atoms with Crippen LogP contribution in [0.1, 0.15) is 17.3 Å². The molecular formula is C15H16FN3O. The van der Waals surface area contributed by atoms with E-state index in [2.05, 4.69) is 0 Å². The van der Waals surface area contributed by atoms with Gasteiger partial charge in [0.05, 0.1) is 22.6 Å². The number of hydrogen-bond donors (Lipinski definition) is 2. The number of anilines is 3. The van der Waals surface area contributed by atoms with E-state index in [1.807, 2.05) is 6.92 Å². The van der Waals surface area contributed by atoms with E-state index in [1.54, 1.807) is 41.3 Å². The molecule has 0 radical (unpaired) electrons. The molecule has 0 bridgehead atoms. The molecule has 0 fully saturated rings. The summed E-state index contributed by atoms with van der Waals surface area (Å²) in [6.07, 6.45) is 0. The van der Waals surface area contributed by atoms with Crippen molar-refractivity contribution in [2.45, 2.75) is 6.92 Å². The van der Waals surface area contributed by atoms with Crippen molar-refractivity contribution < 1.29 is 9.18 Å². The van der Waals surface area contributed by atoms with Crippen LogP contribution < -0.4 is 16.4 Å². The molecule has 0 aliphatic rings. The number of hydrogen-bond acceptors (Lipinski definition) is 3. The molecule has 4 nitrogen and oxygen atoms in total. The van der Waals surface area contributed by atoms with Gasteiger partial charge >= 0.3 is 0 Å². The zero-order chi connectivity index (χ0) is 14.7. The van der Waals surface area contributed by atoms with Crippen molar-refractivity contribution in [1.82, 2.24) is 0 Å². The first-order valence-corrected chi connectivity index (χ1v) is 6.26. The first-order chi connectivity index (χ1) is 9.56. The van der Waals surface area contributed by atoms with Crippen molar-refractivity contribution in [3.63, 3.8) is 0 Å². The molecule has 4 N–H and O–H groups in total. The smallest absolute Gasteiger partial charge is 0.250 e. The molecule has 0 aliphatic heterocycles. The van der Waals surface area contributed by atoms with Gasteiger partial charge in [-0.25, -0.2) is 4.39 Å². The molecule has 2 aromatic carbocycles. The molecule has 0 aromatic heterocycles. The normalized spacial score (nSPS) is 10.3. The number of rotatable bonds is 4. The topological polar surface area (TPSA) is 72.3 Å². The van der Waals surface area contributed by atoms with E-state index in [0.29, 0.717) is 23.6 Å². The number of nitrogens with zero attached hydrogens (tertiary/aromatic N) is 1. The number of carbonyl (C=O) groups is 1. The molecule has 2 rings (SSSR count). The van der Waals surface area contributed by atoms with Crippen molar-refractivity contribution in [2.24, 2.45) is 5.73 Å².